The fourth-order valence-electron chi connectivity index (χ4n) is 1.91. The zero-order valence-corrected chi connectivity index (χ0v) is 14.0. The molecule has 0 aliphatic heterocycles. The minimum atomic E-state index is -1.19. The van der Waals surface area contributed by atoms with Crippen molar-refractivity contribution in [2.75, 3.05) is 12.3 Å². The number of benzene rings is 1. The molecule has 1 amide bonds. The van der Waals surface area contributed by atoms with Crippen molar-refractivity contribution in [1.29, 1.82) is 0 Å². The van der Waals surface area contributed by atoms with Crippen LogP contribution in [0.5, 0.6) is 0 Å². The van der Waals surface area contributed by atoms with Crippen molar-refractivity contribution in [3.05, 3.63) is 34.9 Å². The molecule has 0 spiro atoms. The van der Waals surface area contributed by atoms with E-state index in [2.05, 4.69) is 0 Å². The molecule has 0 atom stereocenters. The lowest BCUT2D eigenvalue weighted by molar-refractivity contribution is -0.155. The normalized spacial score (nSPS) is 11.2. The van der Waals surface area contributed by atoms with E-state index in [0.29, 0.717) is 17.3 Å². The summed E-state index contributed by atoms with van der Waals surface area (Å²) in [5, 5.41) is 9.89. The van der Waals surface area contributed by atoms with Gasteiger partial charge in [0.25, 0.3) is 0 Å². The first-order valence-electron chi connectivity index (χ1n) is 6.65. The van der Waals surface area contributed by atoms with Crippen molar-refractivity contribution in [3.63, 3.8) is 0 Å². The molecule has 0 heterocycles. The van der Waals surface area contributed by atoms with Crippen LogP contribution in [-0.2, 0) is 15.3 Å². The summed E-state index contributed by atoms with van der Waals surface area (Å²) in [6.07, 6.45) is 0. The fourth-order valence-corrected chi connectivity index (χ4v) is 2.90. The Morgan fingerprint density at radius 2 is 1.86 bits per heavy atom. The minimum Gasteiger partial charge on any atom is -0.480 e. The Kier molecular flexibility index (Phi) is 6.55. The minimum absolute atomic E-state index is 0.163. The van der Waals surface area contributed by atoms with Gasteiger partial charge >= 0.3 is 5.97 Å². The largest absolute Gasteiger partial charge is 0.480 e. The van der Waals surface area contributed by atoms with E-state index in [4.69, 9.17) is 11.6 Å². The Morgan fingerprint density at radius 3 is 2.33 bits per heavy atom. The van der Waals surface area contributed by atoms with Crippen molar-refractivity contribution in [2.45, 2.75) is 32.1 Å². The number of halogens is 1. The molecule has 21 heavy (non-hydrogen) atoms. The van der Waals surface area contributed by atoms with Gasteiger partial charge in [0.2, 0.25) is 5.91 Å². The summed E-state index contributed by atoms with van der Waals surface area (Å²) in [5.41, 5.74) is -0.107. The molecule has 1 N–H and O–H groups in total. The van der Waals surface area contributed by atoms with Crippen molar-refractivity contribution < 1.29 is 14.7 Å². The molecule has 1 aromatic carbocycles. The molecule has 1 rings (SSSR count). The first-order chi connectivity index (χ1) is 9.78. The number of hydrogen-bond donors (Lipinski definition) is 1. The predicted molar refractivity (Wildman–Crippen MR) is 86.7 cm³/mol. The number of carboxylic acids is 1. The molecule has 0 fully saturated rings. The molecule has 0 saturated carbocycles. The van der Waals surface area contributed by atoms with Crippen LogP contribution in [-0.4, -0.2) is 39.7 Å². The highest BCUT2D eigenvalue weighted by Gasteiger charge is 2.36. The van der Waals surface area contributed by atoms with Crippen LogP contribution in [0.4, 0.5) is 0 Å². The van der Waals surface area contributed by atoms with Crippen LogP contribution in [0.3, 0.4) is 0 Å². The summed E-state index contributed by atoms with van der Waals surface area (Å²) < 4.78 is 0. The van der Waals surface area contributed by atoms with E-state index in [1.807, 2.05) is 24.3 Å². The monoisotopic (exact) mass is 329 g/mol. The second-order valence-electron chi connectivity index (χ2n) is 5.12. The number of aliphatic carboxylic acids is 1. The summed E-state index contributed by atoms with van der Waals surface area (Å²) in [4.78, 5) is 24.8. The number of hydrogen-bond acceptors (Lipinski definition) is 3. The lowest BCUT2D eigenvalue weighted by Gasteiger charge is -2.34. The third-order valence-corrected chi connectivity index (χ3v) is 4.46. The maximum absolute atomic E-state index is 12.2. The Bertz CT molecular complexity index is 502. The van der Waals surface area contributed by atoms with Crippen LogP contribution in [0.15, 0.2) is 24.3 Å². The van der Waals surface area contributed by atoms with E-state index in [9.17, 15) is 14.7 Å². The Hall–Kier alpha value is -1.20. The highest BCUT2D eigenvalue weighted by atomic mass is 35.5. The number of thioether (sulfide) groups is 1. The second kappa shape index (κ2) is 7.71. The van der Waals surface area contributed by atoms with Gasteiger partial charge in [0.1, 0.15) is 5.54 Å². The quantitative estimate of drug-likeness (QED) is 0.834. The molecule has 0 aromatic heterocycles. The maximum Gasteiger partial charge on any atom is 0.329 e. The summed E-state index contributed by atoms with van der Waals surface area (Å²) in [5.74, 6) is -0.217. The SMILES string of the molecule is CCN(C(=O)CSCc1ccc(Cl)cc1)C(C)(C)C(=O)O. The van der Waals surface area contributed by atoms with E-state index in [1.165, 1.54) is 16.7 Å². The predicted octanol–water partition coefficient (Wildman–Crippen LogP) is 3.28. The number of amides is 1. The molecule has 116 valence electrons. The van der Waals surface area contributed by atoms with Crippen molar-refractivity contribution >= 4 is 35.2 Å². The molecular formula is C15H20ClNO3S. The van der Waals surface area contributed by atoms with Gasteiger partial charge in [-0.15, -0.1) is 11.8 Å². The van der Waals surface area contributed by atoms with Gasteiger partial charge in [0, 0.05) is 17.3 Å². The Morgan fingerprint density at radius 1 is 1.29 bits per heavy atom. The van der Waals surface area contributed by atoms with Crippen LogP contribution < -0.4 is 0 Å². The Balaban J connectivity index is 2.55. The van der Waals surface area contributed by atoms with Crippen LogP contribution in [0.25, 0.3) is 0 Å². The lowest BCUT2D eigenvalue weighted by Crippen LogP contribution is -2.53. The van der Waals surface area contributed by atoms with Gasteiger partial charge in [0.05, 0.1) is 5.75 Å². The van der Waals surface area contributed by atoms with Crippen molar-refractivity contribution in [3.8, 4) is 0 Å². The number of likely N-dealkylation sites (N-methyl/N-ethyl adjacent to an activating group) is 1. The summed E-state index contributed by atoms with van der Waals surface area (Å²) in [6.45, 7) is 5.24. The van der Waals surface area contributed by atoms with Crippen LogP contribution in [0, 0.1) is 0 Å². The van der Waals surface area contributed by atoms with Crippen molar-refractivity contribution in [2.24, 2.45) is 0 Å². The number of carboxylic acid groups (broad SMARTS) is 1. The molecule has 0 saturated heterocycles. The standard InChI is InChI=1S/C15H20ClNO3S/c1-4-17(15(2,3)14(19)20)13(18)10-21-9-11-5-7-12(16)8-6-11/h5-8H,4,9-10H2,1-3H3,(H,19,20). The lowest BCUT2D eigenvalue weighted by atomic mass is 10.0. The number of nitrogens with zero attached hydrogens (tertiary/aromatic N) is 1. The van der Waals surface area contributed by atoms with Crippen LogP contribution in [0.1, 0.15) is 26.3 Å². The van der Waals surface area contributed by atoms with Crippen LogP contribution in [0.2, 0.25) is 5.02 Å². The third-order valence-electron chi connectivity index (χ3n) is 3.22. The number of carbonyl (C=O) groups excluding carboxylic acids is 1. The topological polar surface area (TPSA) is 57.6 Å². The fraction of sp³-hybridized carbons (Fsp3) is 0.467. The molecule has 0 aliphatic carbocycles. The average molecular weight is 330 g/mol. The Labute approximate surface area is 134 Å². The van der Waals surface area contributed by atoms with E-state index in [-0.39, 0.29) is 11.7 Å². The molecule has 1 aromatic rings. The second-order valence-corrected chi connectivity index (χ2v) is 6.54. The number of rotatable bonds is 7. The highest BCUT2D eigenvalue weighted by Crippen LogP contribution is 2.19. The summed E-state index contributed by atoms with van der Waals surface area (Å²) >= 11 is 7.28. The van der Waals surface area contributed by atoms with Gasteiger partial charge in [-0.05, 0) is 38.5 Å². The van der Waals surface area contributed by atoms with Gasteiger partial charge in [-0.1, -0.05) is 23.7 Å². The van der Waals surface area contributed by atoms with E-state index < -0.39 is 11.5 Å². The molecule has 4 nitrogen and oxygen atoms in total. The smallest absolute Gasteiger partial charge is 0.329 e. The highest BCUT2D eigenvalue weighted by molar-refractivity contribution is 7.99. The molecule has 6 heteroatoms. The first kappa shape index (κ1) is 17.9. The van der Waals surface area contributed by atoms with Gasteiger partial charge < -0.3 is 10.0 Å². The molecular weight excluding hydrogens is 310 g/mol. The van der Waals surface area contributed by atoms with Gasteiger partial charge in [-0.25, -0.2) is 4.79 Å². The summed E-state index contributed by atoms with van der Waals surface area (Å²) in [7, 11) is 0. The molecule has 0 unspecified atom stereocenters. The van der Waals surface area contributed by atoms with Crippen LogP contribution >= 0.6 is 23.4 Å². The van der Waals surface area contributed by atoms with Gasteiger partial charge in [0.15, 0.2) is 0 Å². The van der Waals surface area contributed by atoms with E-state index >= 15 is 0 Å². The van der Waals surface area contributed by atoms with Gasteiger partial charge in [-0.3, -0.25) is 4.79 Å². The zero-order valence-electron chi connectivity index (χ0n) is 12.4. The zero-order chi connectivity index (χ0) is 16.0. The average Bonchev–Trinajstić information content (AvgIpc) is 2.41. The third kappa shape index (κ3) is 4.93. The van der Waals surface area contributed by atoms with Crippen molar-refractivity contribution in [1.82, 2.24) is 4.90 Å². The van der Waals surface area contributed by atoms with E-state index in [1.54, 1.807) is 20.8 Å². The van der Waals surface area contributed by atoms with E-state index in [0.717, 1.165) is 5.56 Å². The maximum atomic E-state index is 12.2. The molecule has 0 bridgehead atoms. The number of carbonyl (C=O) groups is 2. The first-order valence-corrected chi connectivity index (χ1v) is 8.18. The van der Waals surface area contributed by atoms with Gasteiger partial charge in [-0.2, -0.15) is 0 Å². The summed E-state index contributed by atoms with van der Waals surface area (Å²) in [6, 6.07) is 7.45. The molecule has 0 radical (unpaired) electrons. The molecule has 0 aliphatic rings.